The van der Waals surface area contributed by atoms with Gasteiger partial charge in [-0.25, -0.2) is 4.79 Å². The second kappa shape index (κ2) is 5.69. The molecule has 0 aliphatic carbocycles. The van der Waals surface area contributed by atoms with Gasteiger partial charge in [-0.2, -0.15) is 25.3 Å². The fraction of sp³-hybridized carbons (Fsp3) is 0.429. The smallest absolute Gasteiger partial charge is 0.296 e. The minimum atomic E-state index is -0.306. The summed E-state index contributed by atoms with van der Waals surface area (Å²) in [5.74, 6) is 0.582. The topological polar surface area (TPSA) is 44.0 Å². The van der Waals surface area contributed by atoms with Crippen molar-refractivity contribution >= 4 is 36.2 Å². The summed E-state index contributed by atoms with van der Waals surface area (Å²) in [5, 5.41) is 0.557. The zero-order chi connectivity index (χ0) is 14.9. The van der Waals surface area contributed by atoms with E-state index in [1.807, 2.05) is 13.0 Å². The highest BCUT2D eigenvalue weighted by Crippen LogP contribution is 2.20. The molecule has 1 atom stereocenters. The maximum absolute atomic E-state index is 12.4. The Morgan fingerprint density at radius 2 is 1.90 bits per heavy atom. The molecule has 1 aromatic heterocycles. The lowest BCUT2D eigenvalue weighted by atomic mass is 10.1. The van der Waals surface area contributed by atoms with Gasteiger partial charge in [0, 0.05) is 24.1 Å². The highest BCUT2D eigenvalue weighted by molar-refractivity contribution is 7.85. The van der Waals surface area contributed by atoms with E-state index in [0.717, 1.165) is 0 Å². The molecule has 20 heavy (non-hydrogen) atoms. The second-order valence-electron chi connectivity index (χ2n) is 5.22. The maximum Gasteiger partial charge on any atom is 0.331 e. The fourth-order valence-electron chi connectivity index (χ4n) is 2.09. The van der Waals surface area contributed by atoms with Crippen LogP contribution in [0.2, 0.25) is 0 Å². The maximum atomic E-state index is 12.4. The van der Waals surface area contributed by atoms with E-state index < -0.39 is 0 Å². The van der Waals surface area contributed by atoms with Crippen molar-refractivity contribution < 1.29 is 0 Å². The van der Waals surface area contributed by atoms with Crippen LogP contribution in [0.15, 0.2) is 33.9 Å². The van der Waals surface area contributed by atoms with Gasteiger partial charge in [0.2, 0.25) is 0 Å². The minimum absolute atomic E-state index is 0.244. The number of benzene rings is 1. The summed E-state index contributed by atoms with van der Waals surface area (Å²) in [6.45, 7) is 2.29. The fourth-order valence-corrected chi connectivity index (χ4v) is 2.35. The standard InChI is InChI=1S/C14H18N2O2S2/c1-14(20,9-19)7-8-16-12(17)10-5-3-4-6-11(10)15(2)13(16)18/h3-6,19-20H,7-9H2,1-2H3/t14-/m1/s1. The van der Waals surface area contributed by atoms with Gasteiger partial charge >= 0.3 is 5.69 Å². The molecule has 108 valence electrons. The molecule has 0 radical (unpaired) electrons. The monoisotopic (exact) mass is 310 g/mol. The van der Waals surface area contributed by atoms with E-state index in [-0.39, 0.29) is 16.0 Å². The highest BCUT2D eigenvalue weighted by atomic mass is 32.1. The van der Waals surface area contributed by atoms with Gasteiger partial charge in [-0.15, -0.1) is 0 Å². The Morgan fingerprint density at radius 3 is 2.55 bits per heavy atom. The summed E-state index contributed by atoms with van der Waals surface area (Å²) in [4.78, 5) is 24.7. The van der Waals surface area contributed by atoms with Crippen molar-refractivity contribution in [1.82, 2.24) is 9.13 Å². The van der Waals surface area contributed by atoms with Crippen molar-refractivity contribution in [3.8, 4) is 0 Å². The molecule has 0 saturated carbocycles. The van der Waals surface area contributed by atoms with Crippen molar-refractivity contribution in [2.45, 2.75) is 24.6 Å². The number of nitrogens with zero attached hydrogens (tertiary/aromatic N) is 2. The van der Waals surface area contributed by atoms with E-state index >= 15 is 0 Å². The number of hydrogen-bond acceptors (Lipinski definition) is 4. The first-order valence-electron chi connectivity index (χ1n) is 6.39. The molecule has 6 heteroatoms. The third-order valence-electron chi connectivity index (χ3n) is 3.47. The normalized spacial score (nSPS) is 14.4. The Morgan fingerprint density at radius 1 is 1.25 bits per heavy atom. The first-order chi connectivity index (χ1) is 9.37. The molecule has 0 bridgehead atoms. The Bertz CT molecular complexity index is 747. The van der Waals surface area contributed by atoms with Crippen molar-refractivity contribution in [2.24, 2.45) is 7.05 Å². The van der Waals surface area contributed by atoms with Crippen molar-refractivity contribution in [3.05, 3.63) is 45.1 Å². The lowest BCUT2D eigenvalue weighted by Crippen LogP contribution is -2.40. The molecule has 4 nitrogen and oxygen atoms in total. The predicted octanol–water partition coefficient (Wildman–Crippen LogP) is 1.71. The molecule has 2 aromatic rings. The van der Waals surface area contributed by atoms with E-state index in [0.29, 0.717) is 29.6 Å². The molecule has 0 saturated heterocycles. The van der Waals surface area contributed by atoms with Crippen LogP contribution >= 0.6 is 25.3 Å². The van der Waals surface area contributed by atoms with Crippen LogP contribution in [0.3, 0.4) is 0 Å². The van der Waals surface area contributed by atoms with Crippen molar-refractivity contribution in [3.63, 3.8) is 0 Å². The van der Waals surface area contributed by atoms with Crippen LogP contribution in [0.25, 0.3) is 10.9 Å². The highest BCUT2D eigenvalue weighted by Gasteiger charge is 2.18. The summed E-state index contributed by atoms with van der Waals surface area (Å²) in [6, 6.07) is 7.14. The largest absolute Gasteiger partial charge is 0.331 e. The summed E-state index contributed by atoms with van der Waals surface area (Å²) in [5.41, 5.74) is 0.116. The minimum Gasteiger partial charge on any atom is -0.296 e. The van der Waals surface area contributed by atoms with Gasteiger partial charge in [-0.1, -0.05) is 12.1 Å². The lowest BCUT2D eigenvalue weighted by molar-refractivity contribution is 0.523. The van der Waals surface area contributed by atoms with Crippen molar-refractivity contribution in [1.29, 1.82) is 0 Å². The first-order valence-corrected chi connectivity index (χ1v) is 7.47. The van der Waals surface area contributed by atoms with Crippen LogP contribution in [0.1, 0.15) is 13.3 Å². The zero-order valence-electron chi connectivity index (χ0n) is 11.5. The van der Waals surface area contributed by atoms with Gasteiger partial charge < -0.3 is 0 Å². The predicted molar refractivity (Wildman–Crippen MR) is 89.3 cm³/mol. The van der Waals surface area contributed by atoms with E-state index in [1.165, 1.54) is 9.13 Å². The van der Waals surface area contributed by atoms with E-state index in [4.69, 9.17) is 0 Å². The Kier molecular flexibility index (Phi) is 4.34. The molecule has 0 amide bonds. The van der Waals surface area contributed by atoms with Crippen LogP contribution in [0.4, 0.5) is 0 Å². The van der Waals surface area contributed by atoms with Crippen LogP contribution in [0, 0.1) is 0 Å². The number of rotatable bonds is 4. The Hall–Kier alpha value is -1.14. The molecule has 1 heterocycles. The lowest BCUT2D eigenvalue weighted by Gasteiger charge is -2.21. The molecule has 0 aliphatic heterocycles. The van der Waals surface area contributed by atoms with Gasteiger partial charge in [0.25, 0.3) is 5.56 Å². The third kappa shape index (κ3) is 2.81. The second-order valence-corrected chi connectivity index (χ2v) is 6.62. The Balaban J connectivity index is 2.55. The van der Waals surface area contributed by atoms with Crippen LogP contribution in [-0.4, -0.2) is 19.6 Å². The molecule has 2 rings (SSSR count). The van der Waals surface area contributed by atoms with Crippen molar-refractivity contribution in [2.75, 3.05) is 5.75 Å². The quantitative estimate of drug-likeness (QED) is 0.845. The summed E-state index contributed by atoms with van der Waals surface area (Å²) >= 11 is 8.72. The average Bonchev–Trinajstić information content (AvgIpc) is 2.45. The van der Waals surface area contributed by atoms with E-state index in [2.05, 4.69) is 25.3 Å². The van der Waals surface area contributed by atoms with Crippen LogP contribution in [-0.2, 0) is 13.6 Å². The number of para-hydroxylation sites is 1. The van der Waals surface area contributed by atoms with Crippen LogP contribution in [0.5, 0.6) is 0 Å². The van der Waals surface area contributed by atoms with Crippen LogP contribution < -0.4 is 11.2 Å². The van der Waals surface area contributed by atoms with Gasteiger partial charge in [0.1, 0.15) is 0 Å². The average molecular weight is 310 g/mol. The molecule has 0 unspecified atom stereocenters. The Labute approximate surface area is 128 Å². The van der Waals surface area contributed by atoms with E-state index in [9.17, 15) is 9.59 Å². The summed E-state index contributed by atoms with van der Waals surface area (Å²) < 4.78 is 2.48. The van der Waals surface area contributed by atoms with Gasteiger partial charge in [-0.3, -0.25) is 13.9 Å². The first kappa shape index (κ1) is 15.3. The number of aromatic nitrogens is 2. The zero-order valence-corrected chi connectivity index (χ0v) is 13.3. The number of aryl methyl sites for hydroxylation is 1. The molecule has 0 aliphatic rings. The molecule has 0 fully saturated rings. The number of fused-ring (bicyclic) bond motifs is 1. The SMILES string of the molecule is Cn1c(=O)n(CC[C@@](C)(S)CS)c(=O)c2ccccc21. The third-order valence-corrected chi connectivity index (χ3v) is 4.80. The number of thiol groups is 2. The van der Waals surface area contributed by atoms with E-state index in [1.54, 1.807) is 25.2 Å². The molecule has 0 N–H and O–H groups in total. The molecule has 1 aromatic carbocycles. The van der Waals surface area contributed by atoms with Gasteiger partial charge in [0.05, 0.1) is 10.9 Å². The summed E-state index contributed by atoms with van der Waals surface area (Å²) in [6.07, 6.45) is 0.604. The van der Waals surface area contributed by atoms with Gasteiger partial charge in [-0.05, 0) is 25.5 Å². The molecular formula is C14H18N2O2S2. The molecule has 0 spiro atoms. The molecular weight excluding hydrogens is 292 g/mol. The number of hydrogen-bond donors (Lipinski definition) is 2. The van der Waals surface area contributed by atoms with Gasteiger partial charge in [0.15, 0.2) is 0 Å². The summed E-state index contributed by atoms with van der Waals surface area (Å²) in [7, 11) is 1.68.